The first-order valence-electron chi connectivity index (χ1n) is 3.81. The molecule has 12 heavy (non-hydrogen) atoms. The number of hydrogen-bond acceptors (Lipinski definition) is 3. The first-order chi connectivity index (χ1) is 5.66. The smallest absolute Gasteiger partial charge is 0.164 e. The van der Waals surface area contributed by atoms with Gasteiger partial charge in [0.15, 0.2) is 11.5 Å². The van der Waals surface area contributed by atoms with Crippen LogP contribution in [0, 0.1) is 6.92 Å². The Morgan fingerprint density at radius 2 is 2.00 bits per heavy atom. The molecule has 0 fully saturated rings. The van der Waals surface area contributed by atoms with Gasteiger partial charge in [0, 0.05) is 5.56 Å². The van der Waals surface area contributed by atoms with Gasteiger partial charge in [-0.2, -0.15) is 0 Å². The van der Waals surface area contributed by atoms with Crippen LogP contribution < -0.4 is 4.74 Å². The highest BCUT2D eigenvalue weighted by Gasteiger charge is 2.07. The van der Waals surface area contributed by atoms with Gasteiger partial charge in [-0.15, -0.1) is 0 Å². The summed E-state index contributed by atoms with van der Waals surface area (Å²) in [5.74, 6) is 0.501. The predicted octanol–water partition coefficient (Wildman–Crippen LogP) is 1.80. The molecule has 0 bridgehead atoms. The number of aromatic hydroxyl groups is 2. The van der Waals surface area contributed by atoms with Crippen molar-refractivity contribution >= 4 is 0 Å². The minimum Gasteiger partial charge on any atom is -0.508 e. The minimum atomic E-state index is 0.0110. The third kappa shape index (κ3) is 1.44. The molecule has 3 heteroatoms. The van der Waals surface area contributed by atoms with Crippen molar-refractivity contribution in [1.29, 1.82) is 0 Å². The second-order valence-corrected chi connectivity index (χ2v) is 2.49. The van der Waals surface area contributed by atoms with Gasteiger partial charge < -0.3 is 14.9 Å². The van der Waals surface area contributed by atoms with Gasteiger partial charge >= 0.3 is 0 Å². The fourth-order valence-electron chi connectivity index (χ4n) is 0.937. The van der Waals surface area contributed by atoms with Crippen molar-refractivity contribution in [2.75, 3.05) is 6.61 Å². The van der Waals surface area contributed by atoms with Crippen LogP contribution in [0.25, 0.3) is 0 Å². The maximum absolute atomic E-state index is 9.42. The normalized spacial score (nSPS) is 9.83. The van der Waals surface area contributed by atoms with Gasteiger partial charge in [0.05, 0.1) is 6.61 Å². The van der Waals surface area contributed by atoms with Crippen LogP contribution in [0.15, 0.2) is 12.1 Å². The number of phenolic OH excluding ortho intramolecular Hbond substituents is 2. The molecule has 0 spiro atoms. The maximum atomic E-state index is 9.42. The molecule has 0 radical (unpaired) electrons. The zero-order valence-corrected chi connectivity index (χ0v) is 7.16. The van der Waals surface area contributed by atoms with Gasteiger partial charge in [-0.1, -0.05) is 0 Å². The van der Waals surface area contributed by atoms with Crippen molar-refractivity contribution in [3.63, 3.8) is 0 Å². The van der Waals surface area contributed by atoms with Gasteiger partial charge in [-0.3, -0.25) is 0 Å². The Balaban J connectivity index is 3.08. The highest BCUT2D eigenvalue weighted by Crippen LogP contribution is 2.34. The summed E-state index contributed by atoms with van der Waals surface area (Å²) in [7, 11) is 0. The molecule has 3 nitrogen and oxygen atoms in total. The second-order valence-electron chi connectivity index (χ2n) is 2.49. The molecule has 0 amide bonds. The minimum absolute atomic E-state index is 0.0110. The van der Waals surface area contributed by atoms with E-state index in [0.717, 1.165) is 0 Å². The van der Waals surface area contributed by atoms with Crippen LogP contribution in [0.3, 0.4) is 0 Å². The van der Waals surface area contributed by atoms with E-state index in [1.807, 2.05) is 6.92 Å². The zero-order valence-electron chi connectivity index (χ0n) is 7.16. The molecule has 0 aliphatic heterocycles. The average Bonchev–Trinajstić information content (AvgIpc) is 2.07. The molecule has 0 saturated carbocycles. The molecule has 1 rings (SSSR count). The van der Waals surface area contributed by atoms with E-state index < -0.39 is 0 Å². The van der Waals surface area contributed by atoms with Crippen molar-refractivity contribution in [2.45, 2.75) is 13.8 Å². The fraction of sp³-hybridized carbons (Fsp3) is 0.333. The van der Waals surface area contributed by atoms with Crippen molar-refractivity contribution in [3.8, 4) is 17.2 Å². The Kier molecular flexibility index (Phi) is 2.43. The Bertz CT molecular complexity index is 281. The van der Waals surface area contributed by atoms with Gasteiger partial charge in [0.2, 0.25) is 0 Å². The van der Waals surface area contributed by atoms with Crippen LogP contribution in [0.4, 0.5) is 0 Å². The summed E-state index contributed by atoms with van der Waals surface area (Å²) >= 11 is 0. The lowest BCUT2D eigenvalue weighted by atomic mass is 10.2. The third-order valence-corrected chi connectivity index (χ3v) is 1.67. The molecular formula is C9H12O3. The summed E-state index contributed by atoms with van der Waals surface area (Å²) in [5.41, 5.74) is 0.445. The zero-order chi connectivity index (χ0) is 9.14. The van der Waals surface area contributed by atoms with Gasteiger partial charge in [-0.05, 0) is 26.0 Å². The van der Waals surface area contributed by atoms with E-state index >= 15 is 0 Å². The van der Waals surface area contributed by atoms with Crippen molar-refractivity contribution in [2.24, 2.45) is 0 Å². The van der Waals surface area contributed by atoms with Crippen molar-refractivity contribution < 1.29 is 14.9 Å². The van der Waals surface area contributed by atoms with E-state index in [1.165, 1.54) is 6.07 Å². The predicted molar refractivity (Wildman–Crippen MR) is 45.7 cm³/mol. The van der Waals surface area contributed by atoms with Crippen LogP contribution in [0.2, 0.25) is 0 Å². The van der Waals surface area contributed by atoms with Crippen LogP contribution in [-0.4, -0.2) is 16.8 Å². The average molecular weight is 168 g/mol. The van der Waals surface area contributed by atoms with E-state index in [0.29, 0.717) is 17.9 Å². The quantitative estimate of drug-likeness (QED) is 0.708. The maximum Gasteiger partial charge on any atom is 0.164 e. The highest BCUT2D eigenvalue weighted by atomic mass is 16.5. The van der Waals surface area contributed by atoms with E-state index in [9.17, 15) is 10.2 Å². The molecule has 0 atom stereocenters. The summed E-state index contributed by atoms with van der Waals surface area (Å²) in [4.78, 5) is 0. The lowest BCUT2D eigenvalue weighted by molar-refractivity contribution is 0.315. The molecule has 0 aromatic heterocycles. The van der Waals surface area contributed by atoms with Gasteiger partial charge in [0.25, 0.3) is 0 Å². The lowest BCUT2D eigenvalue weighted by Gasteiger charge is -2.08. The van der Waals surface area contributed by atoms with Crippen LogP contribution >= 0.6 is 0 Å². The summed E-state index contributed by atoms with van der Waals surface area (Å²) < 4.78 is 5.11. The van der Waals surface area contributed by atoms with E-state index in [1.54, 1.807) is 13.0 Å². The fourth-order valence-corrected chi connectivity index (χ4v) is 0.937. The molecule has 0 heterocycles. The largest absolute Gasteiger partial charge is 0.508 e. The number of ether oxygens (including phenoxy) is 1. The molecule has 0 aliphatic rings. The van der Waals surface area contributed by atoms with E-state index in [-0.39, 0.29) is 11.5 Å². The summed E-state index contributed by atoms with van der Waals surface area (Å²) in [5, 5.41) is 18.6. The molecule has 66 valence electrons. The standard InChI is InChI=1S/C9H12O3/c1-3-12-8-5-4-7(10)6(2)9(8)11/h4-5,10-11H,3H2,1-2H3. The molecule has 0 aliphatic carbocycles. The summed E-state index contributed by atoms with van der Waals surface area (Å²) in [6, 6.07) is 3.04. The van der Waals surface area contributed by atoms with Gasteiger partial charge in [-0.25, -0.2) is 0 Å². The highest BCUT2D eigenvalue weighted by molar-refractivity contribution is 5.51. The molecule has 0 unspecified atom stereocenters. The molecule has 1 aromatic rings. The van der Waals surface area contributed by atoms with Crippen LogP contribution in [0.5, 0.6) is 17.2 Å². The van der Waals surface area contributed by atoms with Crippen molar-refractivity contribution in [3.05, 3.63) is 17.7 Å². The van der Waals surface area contributed by atoms with Crippen LogP contribution in [-0.2, 0) is 0 Å². The Morgan fingerprint density at radius 3 is 2.58 bits per heavy atom. The van der Waals surface area contributed by atoms with E-state index in [4.69, 9.17) is 4.74 Å². The number of rotatable bonds is 2. The summed E-state index contributed by atoms with van der Waals surface area (Å²) in [6.45, 7) is 3.96. The van der Waals surface area contributed by atoms with Crippen LogP contribution in [0.1, 0.15) is 12.5 Å². The number of phenols is 2. The second kappa shape index (κ2) is 3.34. The van der Waals surface area contributed by atoms with Crippen molar-refractivity contribution in [1.82, 2.24) is 0 Å². The molecule has 1 aromatic carbocycles. The Labute approximate surface area is 71.2 Å². The molecule has 2 N–H and O–H groups in total. The monoisotopic (exact) mass is 168 g/mol. The number of benzene rings is 1. The SMILES string of the molecule is CCOc1ccc(O)c(C)c1O. The molecule has 0 saturated heterocycles. The van der Waals surface area contributed by atoms with E-state index in [2.05, 4.69) is 0 Å². The molecular weight excluding hydrogens is 156 g/mol. The first kappa shape index (κ1) is 8.71. The van der Waals surface area contributed by atoms with Gasteiger partial charge in [0.1, 0.15) is 5.75 Å². The lowest BCUT2D eigenvalue weighted by Crippen LogP contribution is -1.92. The first-order valence-corrected chi connectivity index (χ1v) is 3.81. The Hall–Kier alpha value is -1.38. The Morgan fingerprint density at radius 1 is 1.33 bits per heavy atom. The third-order valence-electron chi connectivity index (χ3n) is 1.67. The summed E-state index contributed by atoms with van der Waals surface area (Å²) in [6.07, 6.45) is 0. The number of hydrogen-bond donors (Lipinski definition) is 2. The topological polar surface area (TPSA) is 49.7 Å².